The second-order valence-electron chi connectivity index (χ2n) is 4.77. The summed E-state index contributed by atoms with van der Waals surface area (Å²) in [6, 6.07) is 0. The SMILES string of the molecule is Cc1nnc(SCc2noc3c2CCCC3)n(N)c1=O. The number of rotatable bonds is 3. The van der Waals surface area contributed by atoms with E-state index < -0.39 is 0 Å². The van der Waals surface area contributed by atoms with Gasteiger partial charge in [0.25, 0.3) is 5.56 Å². The Morgan fingerprint density at radius 3 is 3.00 bits per heavy atom. The molecule has 2 aromatic rings. The van der Waals surface area contributed by atoms with Crippen molar-refractivity contribution in [1.29, 1.82) is 0 Å². The molecule has 106 valence electrons. The molecule has 2 N–H and O–H groups in total. The molecule has 0 amide bonds. The van der Waals surface area contributed by atoms with Gasteiger partial charge >= 0.3 is 0 Å². The molecule has 3 rings (SSSR count). The normalized spacial score (nSPS) is 14.2. The summed E-state index contributed by atoms with van der Waals surface area (Å²) in [5.41, 5.74) is 2.08. The lowest BCUT2D eigenvalue weighted by Crippen LogP contribution is -2.32. The van der Waals surface area contributed by atoms with Crippen molar-refractivity contribution in [3.63, 3.8) is 0 Å². The van der Waals surface area contributed by atoms with Gasteiger partial charge in [-0.2, -0.15) is 4.68 Å². The van der Waals surface area contributed by atoms with Crippen molar-refractivity contribution in [2.45, 2.75) is 43.5 Å². The Balaban J connectivity index is 1.79. The van der Waals surface area contributed by atoms with Gasteiger partial charge in [-0.1, -0.05) is 16.9 Å². The highest BCUT2D eigenvalue weighted by atomic mass is 32.2. The van der Waals surface area contributed by atoms with Crippen molar-refractivity contribution in [2.24, 2.45) is 0 Å². The third-order valence-electron chi connectivity index (χ3n) is 3.39. The van der Waals surface area contributed by atoms with Crippen molar-refractivity contribution >= 4 is 11.8 Å². The lowest BCUT2D eigenvalue weighted by molar-refractivity contribution is 0.369. The van der Waals surface area contributed by atoms with Crippen LogP contribution in [0.5, 0.6) is 0 Å². The molecule has 1 aliphatic rings. The molecule has 1 aliphatic carbocycles. The molecule has 2 heterocycles. The maximum atomic E-state index is 11.7. The van der Waals surface area contributed by atoms with E-state index in [4.69, 9.17) is 10.4 Å². The van der Waals surface area contributed by atoms with Crippen LogP contribution in [0.3, 0.4) is 0 Å². The fraction of sp³-hybridized carbons (Fsp3) is 0.500. The van der Waals surface area contributed by atoms with Gasteiger partial charge in [-0.15, -0.1) is 10.2 Å². The Hall–Kier alpha value is -1.83. The van der Waals surface area contributed by atoms with Crippen LogP contribution in [0.2, 0.25) is 0 Å². The third-order valence-corrected chi connectivity index (χ3v) is 4.34. The highest BCUT2D eigenvalue weighted by Crippen LogP contribution is 2.28. The topological polar surface area (TPSA) is 99.8 Å². The van der Waals surface area contributed by atoms with Gasteiger partial charge in [0.1, 0.15) is 11.5 Å². The van der Waals surface area contributed by atoms with Gasteiger partial charge in [-0.25, -0.2) is 0 Å². The Morgan fingerprint density at radius 1 is 1.35 bits per heavy atom. The lowest BCUT2D eigenvalue weighted by atomic mass is 9.97. The van der Waals surface area contributed by atoms with Crippen molar-refractivity contribution < 1.29 is 4.52 Å². The van der Waals surface area contributed by atoms with Crippen LogP contribution >= 0.6 is 11.8 Å². The van der Waals surface area contributed by atoms with Gasteiger partial charge in [0.15, 0.2) is 0 Å². The fourth-order valence-corrected chi connectivity index (χ4v) is 3.08. The number of aryl methyl sites for hydroxylation is 2. The van der Waals surface area contributed by atoms with Crippen LogP contribution in [0.15, 0.2) is 14.5 Å². The van der Waals surface area contributed by atoms with E-state index in [2.05, 4.69) is 15.4 Å². The summed E-state index contributed by atoms with van der Waals surface area (Å²) in [5.74, 6) is 7.27. The van der Waals surface area contributed by atoms with Crippen LogP contribution in [-0.4, -0.2) is 20.0 Å². The zero-order chi connectivity index (χ0) is 14.1. The van der Waals surface area contributed by atoms with Crippen LogP contribution < -0.4 is 11.4 Å². The summed E-state index contributed by atoms with van der Waals surface area (Å²) in [4.78, 5) is 11.7. The highest BCUT2D eigenvalue weighted by molar-refractivity contribution is 7.98. The number of nitrogen functional groups attached to an aromatic ring is 1. The Kier molecular flexibility index (Phi) is 3.47. The van der Waals surface area contributed by atoms with Gasteiger partial charge < -0.3 is 10.4 Å². The van der Waals surface area contributed by atoms with Crippen molar-refractivity contribution in [3.8, 4) is 0 Å². The second kappa shape index (κ2) is 5.28. The fourth-order valence-electron chi connectivity index (χ4n) is 2.26. The predicted molar refractivity (Wildman–Crippen MR) is 73.9 cm³/mol. The summed E-state index contributed by atoms with van der Waals surface area (Å²) in [6.07, 6.45) is 4.28. The number of hydrogen-bond acceptors (Lipinski definition) is 7. The first-order valence-electron chi connectivity index (χ1n) is 6.47. The first-order valence-corrected chi connectivity index (χ1v) is 7.46. The van der Waals surface area contributed by atoms with Gasteiger partial charge in [0.05, 0.1) is 5.69 Å². The van der Waals surface area contributed by atoms with E-state index in [1.54, 1.807) is 6.92 Å². The number of thioether (sulfide) groups is 1. The quantitative estimate of drug-likeness (QED) is 0.660. The molecular formula is C12H15N5O2S. The van der Waals surface area contributed by atoms with E-state index in [1.807, 2.05) is 0 Å². The smallest absolute Gasteiger partial charge is 0.294 e. The summed E-state index contributed by atoms with van der Waals surface area (Å²) in [6.45, 7) is 1.58. The van der Waals surface area contributed by atoms with Gasteiger partial charge in [-0.05, 0) is 26.2 Å². The van der Waals surface area contributed by atoms with E-state index in [-0.39, 0.29) is 11.3 Å². The van der Waals surface area contributed by atoms with Gasteiger partial charge in [0, 0.05) is 17.7 Å². The minimum Gasteiger partial charge on any atom is -0.361 e. The minimum absolute atomic E-state index is 0.288. The van der Waals surface area contributed by atoms with Crippen LogP contribution in [0.25, 0.3) is 0 Å². The summed E-state index contributed by atoms with van der Waals surface area (Å²) in [5, 5.41) is 12.2. The first-order chi connectivity index (χ1) is 9.66. The van der Waals surface area contributed by atoms with Crippen LogP contribution in [0.1, 0.15) is 35.6 Å². The maximum Gasteiger partial charge on any atom is 0.294 e. The minimum atomic E-state index is -0.329. The number of fused-ring (bicyclic) bond motifs is 1. The van der Waals surface area contributed by atoms with E-state index >= 15 is 0 Å². The van der Waals surface area contributed by atoms with Crippen molar-refractivity contribution in [2.75, 3.05) is 5.84 Å². The van der Waals surface area contributed by atoms with Gasteiger partial charge in [0.2, 0.25) is 5.16 Å². The second-order valence-corrected chi connectivity index (χ2v) is 5.71. The Morgan fingerprint density at radius 2 is 2.15 bits per heavy atom. The molecule has 0 saturated carbocycles. The number of nitrogens with zero attached hydrogens (tertiary/aromatic N) is 4. The molecule has 0 unspecified atom stereocenters. The molecule has 0 aromatic carbocycles. The average molecular weight is 293 g/mol. The number of hydrogen-bond donors (Lipinski definition) is 1. The molecule has 0 atom stereocenters. The molecular weight excluding hydrogens is 278 g/mol. The molecule has 8 heteroatoms. The zero-order valence-corrected chi connectivity index (χ0v) is 11.9. The van der Waals surface area contributed by atoms with Crippen molar-refractivity contribution in [3.05, 3.63) is 33.1 Å². The van der Waals surface area contributed by atoms with Crippen LogP contribution in [0.4, 0.5) is 0 Å². The first kappa shape index (κ1) is 13.2. The van der Waals surface area contributed by atoms with Crippen molar-refractivity contribution in [1.82, 2.24) is 20.0 Å². The number of nitrogens with two attached hydrogens (primary N) is 1. The molecule has 0 bridgehead atoms. The summed E-state index contributed by atoms with van der Waals surface area (Å²) >= 11 is 1.34. The summed E-state index contributed by atoms with van der Waals surface area (Å²) in [7, 11) is 0. The Labute approximate surface area is 119 Å². The van der Waals surface area contributed by atoms with E-state index in [0.717, 1.165) is 41.8 Å². The standard InChI is InChI=1S/C12H15N5O2S/c1-7-11(18)17(13)12(15-14-7)20-6-9-8-4-2-3-5-10(8)19-16-9/h2-6,13H2,1H3. The van der Waals surface area contributed by atoms with E-state index in [1.165, 1.54) is 17.3 Å². The number of aromatic nitrogens is 4. The van der Waals surface area contributed by atoms with E-state index in [9.17, 15) is 4.79 Å². The predicted octanol–water partition coefficient (Wildman–Crippen LogP) is 0.820. The largest absolute Gasteiger partial charge is 0.361 e. The summed E-state index contributed by atoms with van der Waals surface area (Å²) < 4.78 is 6.38. The lowest BCUT2D eigenvalue weighted by Gasteiger charge is -2.09. The molecule has 20 heavy (non-hydrogen) atoms. The zero-order valence-electron chi connectivity index (χ0n) is 11.1. The van der Waals surface area contributed by atoms with Crippen LogP contribution in [0, 0.1) is 6.92 Å². The monoisotopic (exact) mass is 293 g/mol. The molecule has 0 fully saturated rings. The Bertz CT molecular complexity index is 694. The molecule has 7 nitrogen and oxygen atoms in total. The molecule has 0 spiro atoms. The third kappa shape index (κ3) is 2.31. The molecule has 2 aromatic heterocycles. The average Bonchev–Trinajstić information content (AvgIpc) is 2.87. The molecule has 0 radical (unpaired) electrons. The molecule has 0 aliphatic heterocycles. The van der Waals surface area contributed by atoms with Gasteiger partial charge in [-0.3, -0.25) is 4.79 Å². The van der Waals surface area contributed by atoms with Crippen LogP contribution in [-0.2, 0) is 18.6 Å². The molecule has 0 saturated heterocycles. The maximum absolute atomic E-state index is 11.7. The highest BCUT2D eigenvalue weighted by Gasteiger charge is 2.20. The van der Waals surface area contributed by atoms with E-state index in [0.29, 0.717) is 10.9 Å².